The molecule has 0 bridgehead atoms. The van der Waals surface area contributed by atoms with Crippen LogP contribution in [0.2, 0.25) is 0 Å². The third kappa shape index (κ3) is 3.58. The maximum Gasteiger partial charge on any atom is 0.336 e. The average molecular weight is 365 g/mol. The highest BCUT2D eigenvalue weighted by Crippen LogP contribution is 2.34. The van der Waals surface area contributed by atoms with E-state index >= 15 is 0 Å². The number of benzene rings is 2. The highest BCUT2D eigenvalue weighted by Gasteiger charge is 2.18. The molecule has 0 atom stereocenters. The van der Waals surface area contributed by atoms with Crippen molar-refractivity contribution in [2.45, 2.75) is 26.2 Å². The molecule has 0 saturated carbocycles. The van der Waals surface area contributed by atoms with Gasteiger partial charge >= 0.3 is 5.97 Å². The van der Waals surface area contributed by atoms with Gasteiger partial charge in [0, 0.05) is 10.9 Å². The Kier molecular flexibility index (Phi) is 4.79. The number of carboxylic acids is 1. The summed E-state index contributed by atoms with van der Waals surface area (Å²) in [5.41, 5.74) is 3.20. The molecule has 140 valence electrons. The molecule has 27 heavy (non-hydrogen) atoms. The van der Waals surface area contributed by atoms with Crippen LogP contribution in [-0.2, 0) is 5.41 Å². The second-order valence-electron chi connectivity index (χ2n) is 7.41. The number of methoxy groups -OCH3 is 2. The van der Waals surface area contributed by atoms with E-state index in [1.54, 1.807) is 32.4 Å². The Bertz CT molecular complexity index is 1020. The molecule has 0 aliphatic heterocycles. The van der Waals surface area contributed by atoms with Crippen molar-refractivity contribution >= 4 is 16.9 Å². The molecule has 0 unspecified atom stereocenters. The predicted molar refractivity (Wildman–Crippen MR) is 106 cm³/mol. The van der Waals surface area contributed by atoms with Crippen LogP contribution in [0.1, 0.15) is 36.7 Å². The molecule has 5 nitrogen and oxygen atoms in total. The third-order valence-electron chi connectivity index (χ3n) is 4.58. The molecule has 1 N–H and O–H groups in total. The largest absolute Gasteiger partial charge is 0.493 e. The number of carboxylic acid groups (broad SMARTS) is 1. The van der Waals surface area contributed by atoms with Crippen LogP contribution >= 0.6 is 0 Å². The number of ether oxygens (including phenoxy) is 2. The first-order valence-corrected chi connectivity index (χ1v) is 8.65. The first-order valence-electron chi connectivity index (χ1n) is 8.65. The van der Waals surface area contributed by atoms with Gasteiger partial charge in [-0.25, -0.2) is 9.78 Å². The molecule has 0 spiro atoms. The van der Waals surface area contributed by atoms with Crippen LogP contribution in [0.25, 0.3) is 22.2 Å². The number of rotatable bonds is 4. The van der Waals surface area contributed by atoms with E-state index < -0.39 is 5.97 Å². The van der Waals surface area contributed by atoms with Gasteiger partial charge in [0.05, 0.1) is 31.0 Å². The second-order valence-corrected chi connectivity index (χ2v) is 7.41. The van der Waals surface area contributed by atoms with Crippen LogP contribution in [0.4, 0.5) is 0 Å². The second kappa shape index (κ2) is 6.91. The highest BCUT2D eigenvalue weighted by atomic mass is 16.5. The van der Waals surface area contributed by atoms with Gasteiger partial charge in [0.1, 0.15) is 0 Å². The summed E-state index contributed by atoms with van der Waals surface area (Å²) in [5, 5.41) is 10.4. The highest BCUT2D eigenvalue weighted by molar-refractivity contribution is 6.04. The topological polar surface area (TPSA) is 68.7 Å². The molecule has 0 aliphatic carbocycles. The van der Waals surface area contributed by atoms with E-state index in [1.165, 1.54) is 0 Å². The van der Waals surface area contributed by atoms with E-state index in [0.717, 1.165) is 11.1 Å². The lowest BCUT2D eigenvalue weighted by Crippen LogP contribution is -2.11. The minimum atomic E-state index is -0.977. The van der Waals surface area contributed by atoms with Gasteiger partial charge in [-0.3, -0.25) is 0 Å². The monoisotopic (exact) mass is 365 g/mol. The Morgan fingerprint density at radius 1 is 0.963 bits per heavy atom. The zero-order valence-corrected chi connectivity index (χ0v) is 16.2. The third-order valence-corrected chi connectivity index (χ3v) is 4.58. The molecule has 1 heterocycles. The molecule has 0 saturated heterocycles. The first kappa shape index (κ1) is 18.7. The van der Waals surface area contributed by atoms with Gasteiger partial charge in [-0.1, -0.05) is 26.8 Å². The van der Waals surface area contributed by atoms with E-state index in [0.29, 0.717) is 28.1 Å². The zero-order valence-electron chi connectivity index (χ0n) is 16.2. The average Bonchev–Trinajstić information content (AvgIpc) is 2.65. The summed E-state index contributed by atoms with van der Waals surface area (Å²) >= 11 is 0. The van der Waals surface area contributed by atoms with E-state index in [1.807, 2.05) is 24.3 Å². The molecule has 0 fully saturated rings. The van der Waals surface area contributed by atoms with Crippen LogP contribution in [0.5, 0.6) is 11.5 Å². The maximum absolute atomic E-state index is 11.9. The van der Waals surface area contributed by atoms with E-state index in [9.17, 15) is 9.90 Å². The molecule has 0 radical (unpaired) electrons. The van der Waals surface area contributed by atoms with Gasteiger partial charge < -0.3 is 14.6 Å². The number of fused-ring (bicyclic) bond motifs is 1. The minimum Gasteiger partial charge on any atom is -0.493 e. The van der Waals surface area contributed by atoms with Crippen LogP contribution in [0.15, 0.2) is 42.5 Å². The lowest BCUT2D eigenvalue weighted by molar-refractivity contribution is 0.0699. The fourth-order valence-electron chi connectivity index (χ4n) is 3.01. The van der Waals surface area contributed by atoms with Crippen LogP contribution in [-0.4, -0.2) is 30.3 Å². The zero-order chi connectivity index (χ0) is 19.8. The number of carbonyl (C=O) groups is 1. The summed E-state index contributed by atoms with van der Waals surface area (Å²) in [4.78, 5) is 16.6. The molecule has 2 aromatic carbocycles. The van der Waals surface area contributed by atoms with Crippen molar-refractivity contribution in [2.24, 2.45) is 0 Å². The van der Waals surface area contributed by atoms with Gasteiger partial charge in [0.25, 0.3) is 0 Å². The number of nitrogens with zero attached hydrogens (tertiary/aromatic N) is 1. The normalized spacial score (nSPS) is 11.4. The SMILES string of the molecule is COc1ccc(-c2cc(C(=O)O)c3cc(C(C)(C)C)ccc3n2)cc1OC. The lowest BCUT2D eigenvalue weighted by atomic mass is 9.86. The lowest BCUT2D eigenvalue weighted by Gasteiger charge is -2.20. The smallest absolute Gasteiger partial charge is 0.336 e. The van der Waals surface area contributed by atoms with Crippen molar-refractivity contribution in [3.05, 3.63) is 53.6 Å². The van der Waals surface area contributed by atoms with E-state index in [2.05, 4.69) is 25.8 Å². The van der Waals surface area contributed by atoms with E-state index in [-0.39, 0.29) is 11.0 Å². The number of pyridine rings is 1. The van der Waals surface area contributed by atoms with Crippen molar-refractivity contribution in [1.82, 2.24) is 4.98 Å². The van der Waals surface area contributed by atoms with Crippen molar-refractivity contribution in [3.8, 4) is 22.8 Å². The molecule has 0 amide bonds. The van der Waals surface area contributed by atoms with Crippen molar-refractivity contribution in [2.75, 3.05) is 14.2 Å². The van der Waals surface area contributed by atoms with E-state index in [4.69, 9.17) is 9.47 Å². The maximum atomic E-state index is 11.9. The van der Waals surface area contributed by atoms with Crippen molar-refractivity contribution in [1.29, 1.82) is 0 Å². The molecule has 5 heteroatoms. The summed E-state index contributed by atoms with van der Waals surface area (Å²) in [7, 11) is 3.13. The number of hydrogen-bond acceptors (Lipinski definition) is 4. The van der Waals surface area contributed by atoms with Gasteiger partial charge in [0.15, 0.2) is 11.5 Å². The Labute approximate surface area is 158 Å². The summed E-state index contributed by atoms with van der Waals surface area (Å²) in [6.07, 6.45) is 0. The number of aromatic nitrogens is 1. The van der Waals surface area contributed by atoms with Gasteiger partial charge in [-0.2, -0.15) is 0 Å². The predicted octanol–water partition coefficient (Wildman–Crippen LogP) is 4.91. The summed E-state index contributed by atoms with van der Waals surface area (Å²) < 4.78 is 10.6. The van der Waals surface area contributed by atoms with Crippen molar-refractivity contribution in [3.63, 3.8) is 0 Å². The Balaban J connectivity index is 2.23. The summed E-state index contributed by atoms with van der Waals surface area (Å²) in [6.45, 7) is 6.29. The van der Waals surface area contributed by atoms with Crippen LogP contribution in [0.3, 0.4) is 0 Å². The standard InChI is InChI=1S/C22H23NO4/c1-22(2,3)14-7-8-17-15(11-14)16(21(24)25)12-18(23-17)13-6-9-19(26-4)20(10-13)27-5/h6-12H,1-5H3,(H,24,25). The molecule has 3 rings (SSSR count). The first-order chi connectivity index (χ1) is 12.7. The number of aromatic carboxylic acids is 1. The summed E-state index contributed by atoms with van der Waals surface area (Å²) in [5.74, 6) is 0.197. The molecule has 1 aromatic heterocycles. The van der Waals surface area contributed by atoms with Gasteiger partial charge in [-0.05, 0) is 47.4 Å². The molecular formula is C22H23NO4. The fraction of sp³-hybridized carbons (Fsp3) is 0.273. The minimum absolute atomic E-state index is 0.0774. The Morgan fingerprint density at radius 2 is 1.67 bits per heavy atom. The molecule has 0 aliphatic rings. The molecular weight excluding hydrogens is 342 g/mol. The Hall–Kier alpha value is -3.08. The van der Waals surface area contributed by atoms with Crippen LogP contribution < -0.4 is 9.47 Å². The van der Waals surface area contributed by atoms with Crippen molar-refractivity contribution < 1.29 is 19.4 Å². The summed E-state index contributed by atoms with van der Waals surface area (Å²) in [6, 6.07) is 12.8. The number of hydrogen-bond donors (Lipinski definition) is 1. The molecule has 3 aromatic rings. The Morgan fingerprint density at radius 3 is 2.26 bits per heavy atom. The van der Waals surface area contributed by atoms with Gasteiger partial charge in [-0.15, -0.1) is 0 Å². The fourth-order valence-corrected chi connectivity index (χ4v) is 3.01. The van der Waals surface area contributed by atoms with Gasteiger partial charge in [0.2, 0.25) is 0 Å². The van der Waals surface area contributed by atoms with Crippen LogP contribution in [0, 0.1) is 0 Å². The quantitative estimate of drug-likeness (QED) is 0.711.